The molecular weight excluding hydrogens is 224 g/mol. The SMILES string of the molecule is COc1ccc(C)cc1SCCCC(=O)O. The Hall–Kier alpha value is -1.16. The summed E-state index contributed by atoms with van der Waals surface area (Å²) in [5.74, 6) is 0.911. The van der Waals surface area contributed by atoms with E-state index in [2.05, 4.69) is 6.07 Å². The summed E-state index contributed by atoms with van der Waals surface area (Å²) < 4.78 is 5.24. The average molecular weight is 240 g/mol. The molecule has 0 spiro atoms. The van der Waals surface area contributed by atoms with E-state index in [1.54, 1.807) is 18.9 Å². The largest absolute Gasteiger partial charge is 0.496 e. The maximum absolute atomic E-state index is 10.4. The number of benzene rings is 1. The predicted octanol–water partition coefficient (Wildman–Crippen LogP) is 2.96. The van der Waals surface area contributed by atoms with Gasteiger partial charge in [-0.15, -0.1) is 11.8 Å². The molecule has 0 fully saturated rings. The second kappa shape index (κ2) is 6.43. The molecule has 0 atom stereocenters. The molecule has 0 saturated heterocycles. The summed E-state index contributed by atoms with van der Waals surface area (Å²) in [6.07, 6.45) is 0.901. The molecule has 0 unspecified atom stereocenters. The van der Waals surface area contributed by atoms with Crippen LogP contribution in [0.25, 0.3) is 0 Å². The van der Waals surface area contributed by atoms with Crippen LogP contribution in [-0.2, 0) is 4.79 Å². The lowest BCUT2D eigenvalue weighted by Gasteiger charge is -2.08. The monoisotopic (exact) mass is 240 g/mol. The number of carbonyl (C=O) groups is 1. The third kappa shape index (κ3) is 4.14. The number of aliphatic carboxylic acids is 1. The molecule has 1 aromatic carbocycles. The van der Waals surface area contributed by atoms with E-state index in [9.17, 15) is 4.79 Å². The predicted molar refractivity (Wildman–Crippen MR) is 65.3 cm³/mol. The first-order chi connectivity index (χ1) is 7.63. The number of carboxylic acids is 1. The van der Waals surface area contributed by atoms with Gasteiger partial charge in [0.2, 0.25) is 0 Å². The minimum Gasteiger partial charge on any atom is -0.496 e. The first kappa shape index (κ1) is 12.9. The molecule has 0 aliphatic carbocycles. The highest BCUT2D eigenvalue weighted by molar-refractivity contribution is 7.99. The van der Waals surface area contributed by atoms with E-state index in [1.165, 1.54) is 5.56 Å². The second-order valence-electron chi connectivity index (χ2n) is 3.50. The molecule has 0 aromatic heterocycles. The Bertz CT molecular complexity index is 363. The number of methoxy groups -OCH3 is 1. The molecule has 0 aliphatic heterocycles. The first-order valence-corrected chi connectivity index (χ1v) is 6.11. The van der Waals surface area contributed by atoms with Crippen LogP contribution < -0.4 is 4.74 Å². The lowest BCUT2D eigenvalue weighted by molar-refractivity contribution is -0.137. The Kier molecular flexibility index (Phi) is 5.19. The highest BCUT2D eigenvalue weighted by Crippen LogP contribution is 2.30. The van der Waals surface area contributed by atoms with E-state index in [0.717, 1.165) is 16.4 Å². The van der Waals surface area contributed by atoms with E-state index in [-0.39, 0.29) is 6.42 Å². The molecule has 0 saturated carbocycles. The molecule has 1 rings (SSSR count). The Balaban J connectivity index is 2.51. The summed E-state index contributed by atoms with van der Waals surface area (Å²) in [6.45, 7) is 2.03. The number of aryl methyl sites for hydroxylation is 1. The van der Waals surface area contributed by atoms with Gasteiger partial charge in [0.25, 0.3) is 0 Å². The van der Waals surface area contributed by atoms with Gasteiger partial charge >= 0.3 is 5.97 Å². The molecule has 1 aromatic rings. The zero-order valence-corrected chi connectivity index (χ0v) is 10.3. The van der Waals surface area contributed by atoms with Gasteiger partial charge in [-0.2, -0.15) is 0 Å². The standard InChI is InChI=1S/C12H16O3S/c1-9-5-6-10(15-2)11(8-9)16-7-3-4-12(13)14/h5-6,8H,3-4,7H2,1-2H3,(H,13,14). The molecule has 16 heavy (non-hydrogen) atoms. The Morgan fingerprint density at radius 1 is 1.50 bits per heavy atom. The number of thioether (sulfide) groups is 1. The number of hydrogen-bond acceptors (Lipinski definition) is 3. The normalized spacial score (nSPS) is 10.1. The van der Waals surface area contributed by atoms with Crippen molar-refractivity contribution in [1.82, 2.24) is 0 Å². The van der Waals surface area contributed by atoms with Gasteiger partial charge in [0.1, 0.15) is 5.75 Å². The summed E-state index contributed by atoms with van der Waals surface area (Å²) in [5.41, 5.74) is 1.18. The van der Waals surface area contributed by atoms with Gasteiger partial charge in [0.05, 0.1) is 7.11 Å². The lowest BCUT2D eigenvalue weighted by atomic mass is 10.2. The fourth-order valence-corrected chi connectivity index (χ4v) is 2.37. The molecule has 1 N–H and O–H groups in total. The van der Waals surface area contributed by atoms with Crippen LogP contribution in [0.15, 0.2) is 23.1 Å². The van der Waals surface area contributed by atoms with Crippen molar-refractivity contribution in [2.45, 2.75) is 24.7 Å². The van der Waals surface area contributed by atoms with Crippen molar-refractivity contribution in [1.29, 1.82) is 0 Å². The van der Waals surface area contributed by atoms with Crippen molar-refractivity contribution in [2.75, 3.05) is 12.9 Å². The molecule has 0 radical (unpaired) electrons. The maximum atomic E-state index is 10.4. The van der Waals surface area contributed by atoms with Crippen molar-refractivity contribution in [3.63, 3.8) is 0 Å². The molecule has 0 amide bonds. The van der Waals surface area contributed by atoms with Crippen LogP contribution in [0.1, 0.15) is 18.4 Å². The minimum absolute atomic E-state index is 0.223. The smallest absolute Gasteiger partial charge is 0.303 e. The number of rotatable bonds is 6. The minimum atomic E-state index is -0.739. The van der Waals surface area contributed by atoms with E-state index < -0.39 is 5.97 Å². The van der Waals surface area contributed by atoms with Gasteiger partial charge in [0, 0.05) is 11.3 Å². The van der Waals surface area contributed by atoms with Crippen molar-refractivity contribution >= 4 is 17.7 Å². The van der Waals surface area contributed by atoms with Gasteiger partial charge in [-0.1, -0.05) is 6.07 Å². The van der Waals surface area contributed by atoms with Crippen molar-refractivity contribution in [2.24, 2.45) is 0 Å². The highest BCUT2D eigenvalue weighted by Gasteiger charge is 2.04. The molecule has 88 valence electrons. The quantitative estimate of drug-likeness (QED) is 0.613. The summed E-state index contributed by atoms with van der Waals surface area (Å²) in [7, 11) is 1.64. The van der Waals surface area contributed by atoms with Crippen LogP contribution in [0.3, 0.4) is 0 Å². The molecule has 4 heteroatoms. The van der Waals surface area contributed by atoms with E-state index >= 15 is 0 Å². The van der Waals surface area contributed by atoms with Crippen molar-refractivity contribution in [3.8, 4) is 5.75 Å². The van der Waals surface area contributed by atoms with Crippen LogP contribution in [0.4, 0.5) is 0 Å². The van der Waals surface area contributed by atoms with Crippen LogP contribution in [0.2, 0.25) is 0 Å². The van der Waals surface area contributed by atoms with Gasteiger partial charge in [-0.05, 0) is 36.8 Å². The lowest BCUT2D eigenvalue weighted by Crippen LogP contribution is -1.95. The molecule has 0 aliphatic rings. The number of hydrogen-bond donors (Lipinski definition) is 1. The molecule has 3 nitrogen and oxygen atoms in total. The summed E-state index contributed by atoms with van der Waals surface area (Å²) in [6, 6.07) is 6.00. The highest BCUT2D eigenvalue weighted by atomic mass is 32.2. The third-order valence-corrected chi connectivity index (χ3v) is 3.23. The zero-order valence-electron chi connectivity index (χ0n) is 9.53. The maximum Gasteiger partial charge on any atom is 0.303 e. The van der Waals surface area contributed by atoms with Gasteiger partial charge < -0.3 is 9.84 Å². The van der Waals surface area contributed by atoms with Crippen LogP contribution in [0, 0.1) is 6.92 Å². The average Bonchev–Trinajstić information content (AvgIpc) is 2.24. The topological polar surface area (TPSA) is 46.5 Å². The fourth-order valence-electron chi connectivity index (χ4n) is 1.30. The molecule has 0 heterocycles. The Morgan fingerprint density at radius 2 is 2.25 bits per heavy atom. The van der Waals surface area contributed by atoms with Crippen LogP contribution in [0.5, 0.6) is 5.75 Å². The van der Waals surface area contributed by atoms with E-state index in [0.29, 0.717) is 6.42 Å². The van der Waals surface area contributed by atoms with Crippen molar-refractivity contribution in [3.05, 3.63) is 23.8 Å². The molecular formula is C12H16O3S. The third-order valence-electron chi connectivity index (χ3n) is 2.11. The van der Waals surface area contributed by atoms with E-state index in [4.69, 9.17) is 9.84 Å². The van der Waals surface area contributed by atoms with Crippen LogP contribution >= 0.6 is 11.8 Å². The van der Waals surface area contributed by atoms with Gasteiger partial charge in [-0.25, -0.2) is 0 Å². The first-order valence-electron chi connectivity index (χ1n) is 5.12. The number of carboxylic acid groups (broad SMARTS) is 1. The number of ether oxygens (including phenoxy) is 1. The summed E-state index contributed by atoms with van der Waals surface area (Å²) in [4.78, 5) is 11.4. The fraction of sp³-hybridized carbons (Fsp3) is 0.417. The Labute approximate surface area is 99.8 Å². The summed E-state index contributed by atoms with van der Waals surface area (Å²) in [5, 5.41) is 8.52. The van der Waals surface area contributed by atoms with Gasteiger partial charge in [-0.3, -0.25) is 4.79 Å². The van der Waals surface area contributed by atoms with Crippen molar-refractivity contribution < 1.29 is 14.6 Å². The van der Waals surface area contributed by atoms with E-state index in [1.807, 2.05) is 19.1 Å². The molecule has 0 bridgehead atoms. The Morgan fingerprint density at radius 3 is 2.88 bits per heavy atom. The summed E-state index contributed by atoms with van der Waals surface area (Å²) >= 11 is 1.64. The second-order valence-corrected chi connectivity index (χ2v) is 4.64. The van der Waals surface area contributed by atoms with Crippen LogP contribution in [-0.4, -0.2) is 23.9 Å². The van der Waals surface area contributed by atoms with Gasteiger partial charge in [0.15, 0.2) is 0 Å². The zero-order chi connectivity index (χ0) is 12.0.